The van der Waals surface area contributed by atoms with E-state index in [2.05, 4.69) is 27.4 Å². The van der Waals surface area contributed by atoms with Crippen LogP contribution in [0.3, 0.4) is 0 Å². The van der Waals surface area contributed by atoms with E-state index >= 15 is 0 Å². The predicted octanol–water partition coefficient (Wildman–Crippen LogP) is 3.99. The highest BCUT2D eigenvalue weighted by atomic mass is 14.6. The van der Waals surface area contributed by atoms with E-state index < -0.39 is 0 Å². The zero-order valence-electron chi connectivity index (χ0n) is 11.3. The van der Waals surface area contributed by atoms with E-state index in [1.165, 1.54) is 25.7 Å². The van der Waals surface area contributed by atoms with Gasteiger partial charge in [-0.15, -0.1) is 6.58 Å². The van der Waals surface area contributed by atoms with Gasteiger partial charge >= 0.3 is 0 Å². The van der Waals surface area contributed by atoms with Gasteiger partial charge in [-0.25, -0.2) is 0 Å². The molecule has 3 atom stereocenters. The smallest absolute Gasteiger partial charge is 0.00462 e. The fourth-order valence-corrected chi connectivity index (χ4v) is 3.11. The van der Waals surface area contributed by atoms with Crippen molar-refractivity contribution in [1.82, 2.24) is 0 Å². The molecule has 0 radical (unpaired) electrons. The zero-order chi connectivity index (χ0) is 12.2. The molecular weight excluding hydrogens is 194 g/mol. The number of allylic oxidation sites excluding steroid dienone is 1. The van der Waals surface area contributed by atoms with Crippen molar-refractivity contribution in [3.63, 3.8) is 0 Å². The van der Waals surface area contributed by atoms with Crippen LogP contribution in [0.5, 0.6) is 0 Å². The van der Waals surface area contributed by atoms with Gasteiger partial charge in [0, 0.05) is 0 Å². The molecule has 2 N–H and O–H groups in total. The fourth-order valence-electron chi connectivity index (χ4n) is 3.11. The van der Waals surface area contributed by atoms with Crippen molar-refractivity contribution >= 4 is 0 Å². The number of nitrogens with two attached hydrogens (primary N) is 1. The van der Waals surface area contributed by atoms with Crippen molar-refractivity contribution in [2.24, 2.45) is 28.9 Å². The van der Waals surface area contributed by atoms with E-state index in [1.807, 2.05) is 6.08 Å². The van der Waals surface area contributed by atoms with Gasteiger partial charge in [-0.2, -0.15) is 0 Å². The van der Waals surface area contributed by atoms with Crippen molar-refractivity contribution in [3.05, 3.63) is 12.7 Å². The average molecular weight is 223 g/mol. The minimum Gasteiger partial charge on any atom is -0.330 e. The lowest BCUT2D eigenvalue weighted by Crippen LogP contribution is -2.35. The topological polar surface area (TPSA) is 26.0 Å². The summed E-state index contributed by atoms with van der Waals surface area (Å²) in [5, 5.41) is 0. The van der Waals surface area contributed by atoms with Crippen molar-refractivity contribution in [3.8, 4) is 0 Å². The third kappa shape index (κ3) is 3.62. The molecule has 1 saturated carbocycles. The van der Waals surface area contributed by atoms with E-state index in [0.29, 0.717) is 5.41 Å². The molecule has 1 heteroatoms. The number of hydrogen-bond donors (Lipinski definition) is 1. The highest BCUT2D eigenvalue weighted by molar-refractivity contribution is 4.87. The average Bonchev–Trinajstić information content (AvgIpc) is 2.24. The molecule has 1 fully saturated rings. The molecule has 1 nitrogen and oxygen atoms in total. The van der Waals surface area contributed by atoms with Gasteiger partial charge in [0.05, 0.1) is 0 Å². The molecule has 16 heavy (non-hydrogen) atoms. The first-order valence-electron chi connectivity index (χ1n) is 6.80. The summed E-state index contributed by atoms with van der Waals surface area (Å²) in [7, 11) is 0. The van der Waals surface area contributed by atoms with Crippen LogP contribution in [0.2, 0.25) is 0 Å². The molecule has 1 rings (SSSR count). The molecule has 0 bridgehead atoms. The van der Waals surface area contributed by atoms with Crippen LogP contribution in [0.25, 0.3) is 0 Å². The molecule has 0 heterocycles. The Morgan fingerprint density at radius 3 is 2.44 bits per heavy atom. The van der Waals surface area contributed by atoms with Crippen LogP contribution >= 0.6 is 0 Å². The first-order chi connectivity index (χ1) is 7.49. The molecule has 0 aromatic carbocycles. The van der Waals surface area contributed by atoms with Gasteiger partial charge in [-0.3, -0.25) is 0 Å². The number of hydrogen-bond acceptors (Lipinski definition) is 1. The summed E-state index contributed by atoms with van der Waals surface area (Å²) < 4.78 is 0. The fraction of sp³-hybridized carbons (Fsp3) is 0.867. The molecule has 0 aliphatic heterocycles. The van der Waals surface area contributed by atoms with Gasteiger partial charge in [-0.1, -0.05) is 26.8 Å². The van der Waals surface area contributed by atoms with Crippen molar-refractivity contribution < 1.29 is 0 Å². The number of rotatable bonds is 4. The molecule has 0 aromatic heterocycles. The Kier molecular flexibility index (Phi) is 5.04. The third-order valence-electron chi connectivity index (χ3n) is 4.41. The van der Waals surface area contributed by atoms with Crippen LogP contribution in [0.4, 0.5) is 0 Å². The van der Waals surface area contributed by atoms with Crippen LogP contribution in [-0.2, 0) is 0 Å². The minimum atomic E-state index is 0.464. The van der Waals surface area contributed by atoms with Gasteiger partial charge in [0.15, 0.2) is 0 Å². The van der Waals surface area contributed by atoms with Crippen LogP contribution in [0.1, 0.15) is 52.9 Å². The molecule has 1 aliphatic rings. The highest BCUT2D eigenvalue weighted by Gasteiger charge is 2.34. The summed E-state index contributed by atoms with van der Waals surface area (Å²) in [6.07, 6.45) is 8.57. The van der Waals surface area contributed by atoms with Crippen molar-refractivity contribution in [2.45, 2.75) is 52.9 Å². The SMILES string of the molecule is C=CCCC1CC(C(C)(C)C)CCC1CN. The monoisotopic (exact) mass is 223 g/mol. The van der Waals surface area contributed by atoms with E-state index in [-0.39, 0.29) is 0 Å². The molecule has 1 aliphatic carbocycles. The van der Waals surface area contributed by atoms with Crippen LogP contribution in [0.15, 0.2) is 12.7 Å². The maximum absolute atomic E-state index is 5.89. The maximum atomic E-state index is 5.89. The summed E-state index contributed by atoms with van der Waals surface area (Å²) in [4.78, 5) is 0. The second-order valence-electron chi connectivity index (χ2n) is 6.50. The molecule has 3 unspecified atom stereocenters. The van der Waals surface area contributed by atoms with Gasteiger partial charge < -0.3 is 5.73 Å². The Hall–Kier alpha value is -0.300. The van der Waals surface area contributed by atoms with Crippen LogP contribution < -0.4 is 5.73 Å². The summed E-state index contributed by atoms with van der Waals surface area (Å²) in [6.45, 7) is 11.8. The van der Waals surface area contributed by atoms with Gasteiger partial charge in [0.25, 0.3) is 0 Å². The Bertz CT molecular complexity index is 214. The first kappa shape index (κ1) is 13.8. The predicted molar refractivity (Wildman–Crippen MR) is 72.3 cm³/mol. The molecule has 0 saturated heterocycles. The molecule has 0 spiro atoms. The first-order valence-corrected chi connectivity index (χ1v) is 6.80. The third-order valence-corrected chi connectivity index (χ3v) is 4.41. The largest absolute Gasteiger partial charge is 0.330 e. The lowest BCUT2D eigenvalue weighted by Gasteiger charge is -2.41. The standard InChI is InChI=1S/C15H29N/c1-5-6-7-12-10-14(15(2,3)4)9-8-13(12)11-16/h5,12-14H,1,6-11,16H2,2-4H3. The normalized spacial score (nSPS) is 31.4. The van der Waals surface area contributed by atoms with E-state index in [1.54, 1.807) is 0 Å². The minimum absolute atomic E-state index is 0.464. The van der Waals surface area contributed by atoms with E-state index in [9.17, 15) is 0 Å². The maximum Gasteiger partial charge on any atom is -0.00462 e. The highest BCUT2D eigenvalue weighted by Crippen LogP contribution is 2.43. The molecule has 0 aromatic rings. The Balaban J connectivity index is 2.57. The lowest BCUT2D eigenvalue weighted by molar-refractivity contribution is 0.0970. The van der Waals surface area contributed by atoms with Crippen molar-refractivity contribution in [1.29, 1.82) is 0 Å². The van der Waals surface area contributed by atoms with Crippen molar-refractivity contribution in [2.75, 3.05) is 6.54 Å². The van der Waals surface area contributed by atoms with Gasteiger partial charge in [0.2, 0.25) is 0 Å². The summed E-state index contributed by atoms with van der Waals surface area (Å²) in [5.74, 6) is 2.48. The second kappa shape index (κ2) is 5.86. The molecule has 94 valence electrons. The Morgan fingerprint density at radius 1 is 1.25 bits per heavy atom. The summed E-state index contributed by atoms with van der Waals surface area (Å²) >= 11 is 0. The van der Waals surface area contributed by atoms with Crippen LogP contribution in [0, 0.1) is 23.2 Å². The van der Waals surface area contributed by atoms with Gasteiger partial charge in [-0.05, 0) is 61.8 Å². The summed E-state index contributed by atoms with van der Waals surface area (Å²) in [5.41, 5.74) is 6.36. The molecule has 0 amide bonds. The van der Waals surface area contributed by atoms with Crippen LogP contribution in [-0.4, -0.2) is 6.54 Å². The Labute approximate surface area is 101 Å². The second-order valence-corrected chi connectivity index (χ2v) is 6.50. The van der Waals surface area contributed by atoms with E-state index in [4.69, 9.17) is 5.73 Å². The summed E-state index contributed by atoms with van der Waals surface area (Å²) in [6, 6.07) is 0. The lowest BCUT2D eigenvalue weighted by atomic mass is 9.64. The van der Waals surface area contributed by atoms with Gasteiger partial charge in [0.1, 0.15) is 0 Å². The van der Waals surface area contributed by atoms with E-state index in [0.717, 1.165) is 30.7 Å². The Morgan fingerprint density at radius 2 is 1.94 bits per heavy atom. The quantitative estimate of drug-likeness (QED) is 0.717. The molecular formula is C15H29N. The zero-order valence-corrected chi connectivity index (χ0v) is 11.3.